The molecule has 0 spiro atoms. The molecule has 0 aliphatic heterocycles. The molecule has 1 rings (SSSR count). The molecule has 0 aliphatic carbocycles. The maximum Gasteiger partial charge on any atom is 0.359 e. The summed E-state index contributed by atoms with van der Waals surface area (Å²) in [6.07, 6.45) is 1.52. The summed E-state index contributed by atoms with van der Waals surface area (Å²) in [5.74, 6) is -0.522. The van der Waals surface area contributed by atoms with Crippen molar-refractivity contribution in [2.45, 2.75) is 2.33 Å². The topological polar surface area (TPSA) is 39.2 Å². The van der Waals surface area contributed by atoms with E-state index in [1.165, 1.54) is 6.20 Å². The Morgan fingerprint density at radius 1 is 1.38 bits per heavy atom. The molecule has 1 aromatic rings. The zero-order valence-electron chi connectivity index (χ0n) is 6.21. The lowest BCUT2D eigenvalue weighted by Gasteiger charge is -2.12. The summed E-state index contributed by atoms with van der Waals surface area (Å²) in [5, 5.41) is 0. The Kier molecular flexibility index (Phi) is 3.87. The number of esters is 1. The number of aromatic nitrogens is 1. The standard InChI is InChI=1S/C7H4Br3NO2/c8-7(9,10)13-6(12)5-3-1-2-4-11-5/h1-4H. The number of rotatable bonds is 1. The Hall–Kier alpha value is 0.0600. The largest absolute Gasteiger partial charge is 0.422 e. The molecule has 0 aliphatic rings. The molecular formula is C7H4Br3NO2. The van der Waals surface area contributed by atoms with E-state index in [9.17, 15) is 4.79 Å². The first-order valence-corrected chi connectivity index (χ1v) is 5.58. The maximum absolute atomic E-state index is 11.3. The van der Waals surface area contributed by atoms with Crippen molar-refractivity contribution >= 4 is 53.8 Å². The van der Waals surface area contributed by atoms with Crippen molar-refractivity contribution in [1.82, 2.24) is 4.98 Å². The molecule has 0 saturated heterocycles. The third kappa shape index (κ3) is 4.19. The van der Waals surface area contributed by atoms with Gasteiger partial charge in [0.25, 0.3) is 2.33 Å². The Balaban J connectivity index is 2.71. The van der Waals surface area contributed by atoms with Crippen LogP contribution < -0.4 is 0 Å². The molecule has 1 heterocycles. The summed E-state index contributed by atoms with van der Waals surface area (Å²) in [6, 6.07) is 5.00. The SMILES string of the molecule is O=C(OC(Br)(Br)Br)c1ccccn1. The molecule has 3 nitrogen and oxygen atoms in total. The van der Waals surface area contributed by atoms with Gasteiger partial charge in [-0.1, -0.05) is 6.07 Å². The molecule has 0 N–H and O–H groups in total. The van der Waals surface area contributed by atoms with Gasteiger partial charge in [-0.15, -0.1) is 0 Å². The van der Waals surface area contributed by atoms with Crippen LogP contribution in [0, 0.1) is 0 Å². The summed E-state index contributed by atoms with van der Waals surface area (Å²) >= 11 is 9.12. The van der Waals surface area contributed by atoms with Gasteiger partial charge in [0, 0.05) is 6.20 Å². The number of alkyl halides is 3. The van der Waals surface area contributed by atoms with Crippen LogP contribution in [0.3, 0.4) is 0 Å². The van der Waals surface area contributed by atoms with Gasteiger partial charge in [0.2, 0.25) is 0 Å². The van der Waals surface area contributed by atoms with Crippen LogP contribution in [0.25, 0.3) is 0 Å². The van der Waals surface area contributed by atoms with Crippen molar-refractivity contribution in [2.24, 2.45) is 0 Å². The van der Waals surface area contributed by atoms with Crippen LogP contribution in [0.1, 0.15) is 10.5 Å². The van der Waals surface area contributed by atoms with Gasteiger partial charge >= 0.3 is 5.97 Å². The molecule has 0 fully saturated rings. The molecular weight excluding hydrogens is 370 g/mol. The summed E-state index contributed by atoms with van der Waals surface area (Å²) in [4.78, 5) is 15.1. The Bertz CT molecular complexity index is 296. The fourth-order valence-electron chi connectivity index (χ4n) is 0.641. The molecule has 13 heavy (non-hydrogen) atoms. The molecule has 0 bridgehead atoms. The zero-order chi connectivity index (χ0) is 9.90. The van der Waals surface area contributed by atoms with E-state index < -0.39 is 8.30 Å². The smallest absolute Gasteiger partial charge is 0.359 e. The Labute approximate surface area is 100 Å². The fourth-order valence-corrected chi connectivity index (χ4v) is 1.08. The first-order valence-electron chi connectivity index (χ1n) is 3.20. The van der Waals surface area contributed by atoms with E-state index in [0.717, 1.165) is 0 Å². The first-order chi connectivity index (χ1) is 5.99. The van der Waals surface area contributed by atoms with E-state index in [4.69, 9.17) is 4.74 Å². The molecule has 0 aromatic carbocycles. The first kappa shape index (κ1) is 11.1. The Morgan fingerprint density at radius 2 is 2.08 bits per heavy atom. The molecule has 0 unspecified atom stereocenters. The predicted molar refractivity (Wildman–Crippen MR) is 59.2 cm³/mol. The van der Waals surface area contributed by atoms with Gasteiger partial charge < -0.3 is 4.74 Å². The van der Waals surface area contributed by atoms with Crippen molar-refractivity contribution in [3.05, 3.63) is 30.1 Å². The Morgan fingerprint density at radius 3 is 2.54 bits per heavy atom. The van der Waals surface area contributed by atoms with Crippen LogP contribution in [-0.2, 0) is 4.74 Å². The number of hydrogen-bond donors (Lipinski definition) is 0. The van der Waals surface area contributed by atoms with Crippen molar-refractivity contribution in [2.75, 3.05) is 0 Å². The second-order valence-corrected chi connectivity index (χ2v) is 8.59. The summed E-state index contributed by atoms with van der Waals surface area (Å²) in [7, 11) is 0. The van der Waals surface area contributed by atoms with Gasteiger partial charge in [-0.05, 0) is 59.9 Å². The van der Waals surface area contributed by atoms with Gasteiger partial charge in [0.05, 0.1) is 0 Å². The zero-order valence-corrected chi connectivity index (χ0v) is 11.0. The number of hydrogen-bond acceptors (Lipinski definition) is 3. The van der Waals surface area contributed by atoms with Crippen molar-refractivity contribution < 1.29 is 9.53 Å². The van der Waals surface area contributed by atoms with Gasteiger partial charge in [-0.3, -0.25) is 0 Å². The van der Waals surface area contributed by atoms with E-state index in [0.29, 0.717) is 0 Å². The monoisotopic (exact) mass is 371 g/mol. The third-order valence-corrected chi connectivity index (χ3v) is 1.57. The van der Waals surface area contributed by atoms with Gasteiger partial charge in [-0.25, -0.2) is 9.78 Å². The second kappa shape index (κ2) is 4.52. The summed E-state index contributed by atoms with van der Waals surface area (Å²) in [5.41, 5.74) is 0.255. The second-order valence-electron chi connectivity index (χ2n) is 2.05. The van der Waals surface area contributed by atoms with E-state index in [1.807, 2.05) is 0 Å². The molecule has 70 valence electrons. The fraction of sp³-hybridized carbons (Fsp3) is 0.143. The number of pyridine rings is 1. The highest BCUT2D eigenvalue weighted by Gasteiger charge is 2.24. The van der Waals surface area contributed by atoms with Gasteiger partial charge in [0.15, 0.2) is 0 Å². The number of halogens is 3. The highest BCUT2D eigenvalue weighted by Crippen LogP contribution is 2.35. The van der Waals surface area contributed by atoms with Crippen LogP contribution in [-0.4, -0.2) is 13.3 Å². The lowest BCUT2D eigenvalue weighted by Crippen LogP contribution is -2.15. The van der Waals surface area contributed by atoms with Crippen LogP contribution >= 0.6 is 47.8 Å². The molecule has 0 saturated carbocycles. The number of ether oxygens (including phenoxy) is 1. The number of carbonyl (C=O) groups excluding carboxylic acids is 1. The summed E-state index contributed by atoms with van der Waals surface area (Å²) in [6.45, 7) is 0. The average molecular weight is 374 g/mol. The minimum absolute atomic E-state index is 0.255. The van der Waals surface area contributed by atoms with Crippen molar-refractivity contribution in [1.29, 1.82) is 0 Å². The summed E-state index contributed by atoms with van der Waals surface area (Å²) < 4.78 is 3.85. The van der Waals surface area contributed by atoms with Crippen LogP contribution in [0.15, 0.2) is 24.4 Å². The minimum atomic E-state index is -1.03. The van der Waals surface area contributed by atoms with Crippen LogP contribution in [0.5, 0.6) is 0 Å². The van der Waals surface area contributed by atoms with E-state index >= 15 is 0 Å². The highest BCUT2D eigenvalue weighted by molar-refractivity contribution is 9.39. The lowest BCUT2D eigenvalue weighted by molar-refractivity contribution is 0.0530. The predicted octanol–water partition coefficient (Wildman–Crippen LogP) is 3.03. The minimum Gasteiger partial charge on any atom is -0.422 e. The number of carbonyl (C=O) groups is 1. The van der Waals surface area contributed by atoms with Crippen molar-refractivity contribution in [3.8, 4) is 0 Å². The molecule has 1 aromatic heterocycles. The quantitative estimate of drug-likeness (QED) is 0.561. The average Bonchev–Trinajstić information content (AvgIpc) is 2.03. The molecule has 0 amide bonds. The van der Waals surface area contributed by atoms with E-state index in [1.54, 1.807) is 18.2 Å². The van der Waals surface area contributed by atoms with E-state index in [2.05, 4.69) is 52.8 Å². The van der Waals surface area contributed by atoms with Crippen LogP contribution in [0.2, 0.25) is 0 Å². The molecule has 0 atom stereocenters. The van der Waals surface area contributed by atoms with Crippen molar-refractivity contribution in [3.63, 3.8) is 0 Å². The van der Waals surface area contributed by atoms with Crippen LogP contribution in [0.4, 0.5) is 0 Å². The molecule has 6 heteroatoms. The van der Waals surface area contributed by atoms with E-state index in [-0.39, 0.29) is 5.69 Å². The third-order valence-electron chi connectivity index (χ3n) is 1.08. The lowest BCUT2D eigenvalue weighted by atomic mass is 10.4. The highest BCUT2D eigenvalue weighted by atomic mass is 80.0. The van der Waals surface area contributed by atoms with Gasteiger partial charge in [-0.2, -0.15) is 0 Å². The normalized spacial score (nSPS) is 11.0. The molecule has 0 radical (unpaired) electrons. The van der Waals surface area contributed by atoms with Gasteiger partial charge in [0.1, 0.15) is 5.69 Å². The number of nitrogens with zero attached hydrogens (tertiary/aromatic N) is 1. The maximum atomic E-state index is 11.3.